The Labute approximate surface area is 119 Å². The minimum atomic E-state index is -0.0822. The van der Waals surface area contributed by atoms with Gasteiger partial charge in [-0.2, -0.15) is 0 Å². The summed E-state index contributed by atoms with van der Waals surface area (Å²) in [5.74, 6) is 0.373. The summed E-state index contributed by atoms with van der Waals surface area (Å²) in [5, 5.41) is 12.2. The summed E-state index contributed by atoms with van der Waals surface area (Å²) in [6, 6.07) is 4.05. The van der Waals surface area contributed by atoms with Crippen molar-refractivity contribution in [1.82, 2.24) is 9.88 Å². The van der Waals surface area contributed by atoms with Crippen molar-refractivity contribution >= 4 is 0 Å². The number of aliphatic hydroxyl groups is 1. The monoisotopic (exact) mass is 280 g/mol. The number of ether oxygens (including phenoxy) is 1. The van der Waals surface area contributed by atoms with Gasteiger partial charge in [-0.1, -0.05) is 6.42 Å². The zero-order valence-electron chi connectivity index (χ0n) is 11.9. The molecule has 1 saturated heterocycles. The lowest BCUT2D eigenvalue weighted by Crippen LogP contribution is -2.35. The van der Waals surface area contributed by atoms with Gasteiger partial charge in [-0.25, -0.2) is 0 Å². The van der Waals surface area contributed by atoms with Crippen molar-refractivity contribution < 1.29 is 9.84 Å². The predicted octanol–water partition coefficient (Wildman–Crippen LogP) is 1.14. The van der Waals surface area contributed by atoms with Crippen molar-refractivity contribution in [2.75, 3.05) is 19.8 Å². The molecule has 1 atom stereocenters. The highest BCUT2D eigenvalue weighted by molar-refractivity contribution is 5.17. The fraction of sp³-hybridized carbons (Fsp3) is 0.667. The van der Waals surface area contributed by atoms with E-state index in [1.165, 1.54) is 19.3 Å². The van der Waals surface area contributed by atoms with Gasteiger partial charge in [0.05, 0.1) is 6.61 Å². The second kappa shape index (κ2) is 8.07. The Balaban J connectivity index is 1.90. The summed E-state index contributed by atoms with van der Waals surface area (Å²) >= 11 is 0. The van der Waals surface area contributed by atoms with Crippen molar-refractivity contribution in [2.45, 2.75) is 44.7 Å². The van der Waals surface area contributed by atoms with Crippen molar-refractivity contribution in [1.29, 1.82) is 0 Å². The van der Waals surface area contributed by atoms with Gasteiger partial charge in [-0.3, -0.25) is 4.79 Å². The van der Waals surface area contributed by atoms with Crippen LogP contribution in [0, 0.1) is 0 Å². The maximum Gasteiger partial charge on any atom is 0.292 e. The molecule has 0 radical (unpaired) electrons. The SMILES string of the molecule is O=c1c(OCCCO)cccn1CCC1CCCCN1. The third-order valence-corrected chi connectivity index (χ3v) is 3.68. The topological polar surface area (TPSA) is 63.5 Å². The molecule has 112 valence electrons. The second-order valence-electron chi connectivity index (χ2n) is 5.23. The maximum atomic E-state index is 12.2. The maximum absolute atomic E-state index is 12.2. The Hall–Kier alpha value is -1.33. The Morgan fingerprint density at radius 3 is 3.10 bits per heavy atom. The summed E-state index contributed by atoms with van der Waals surface area (Å²) in [4.78, 5) is 12.2. The number of hydrogen-bond donors (Lipinski definition) is 2. The van der Waals surface area contributed by atoms with Crippen LogP contribution in [0.4, 0.5) is 0 Å². The smallest absolute Gasteiger partial charge is 0.292 e. The molecule has 1 fully saturated rings. The minimum Gasteiger partial charge on any atom is -0.488 e. The summed E-state index contributed by atoms with van der Waals surface area (Å²) in [5.41, 5.74) is -0.0822. The van der Waals surface area contributed by atoms with Crippen LogP contribution in [0.1, 0.15) is 32.1 Å². The lowest BCUT2D eigenvalue weighted by molar-refractivity contribution is 0.231. The van der Waals surface area contributed by atoms with Crippen LogP contribution in [0.25, 0.3) is 0 Å². The molecule has 1 aliphatic rings. The predicted molar refractivity (Wildman–Crippen MR) is 78.2 cm³/mol. The van der Waals surface area contributed by atoms with Gasteiger partial charge in [-0.15, -0.1) is 0 Å². The van der Waals surface area contributed by atoms with Gasteiger partial charge in [0.15, 0.2) is 5.75 Å². The van der Waals surface area contributed by atoms with Gasteiger partial charge < -0.3 is 19.7 Å². The van der Waals surface area contributed by atoms with Gasteiger partial charge in [0.1, 0.15) is 0 Å². The molecule has 1 aromatic heterocycles. The number of pyridine rings is 1. The van der Waals surface area contributed by atoms with E-state index in [2.05, 4.69) is 5.32 Å². The zero-order valence-corrected chi connectivity index (χ0v) is 11.9. The van der Waals surface area contributed by atoms with Crippen LogP contribution < -0.4 is 15.6 Å². The van der Waals surface area contributed by atoms with E-state index in [4.69, 9.17) is 9.84 Å². The summed E-state index contributed by atoms with van der Waals surface area (Å²) in [7, 11) is 0. The molecule has 1 aromatic rings. The van der Waals surface area contributed by atoms with Crippen LogP contribution in [0.15, 0.2) is 23.1 Å². The summed E-state index contributed by atoms with van der Waals surface area (Å²) in [6.07, 6.45) is 7.05. The molecule has 5 heteroatoms. The number of aromatic nitrogens is 1. The molecule has 1 aliphatic heterocycles. The zero-order chi connectivity index (χ0) is 14.2. The summed E-state index contributed by atoms with van der Waals surface area (Å²) in [6.45, 7) is 2.26. The van der Waals surface area contributed by atoms with Crippen molar-refractivity contribution in [2.24, 2.45) is 0 Å². The Morgan fingerprint density at radius 2 is 2.35 bits per heavy atom. The molecular formula is C15H24N2O3. The van der Waals surface area contributed by atoms with Gasteiger partial charge in [0.2, 0.25) is 0 Å². The molecule has 1 unspecified atom stereocenters. The number of piperidine rings is 1. The van der Waals surface area contributed by atoms with Gasteiger partial charge >= 0.3 is 0 Å². The van der Waals surface area contributed by atoms with E-state index in [1.807, 2.05) is 12.3 Å². The van der Waals surface area contributed by atoms with Crippen LogP contribution in [0.5, 0.6) is 5.75 Å². The molecule has 0 spiro atoms. The molecular weight excluding hydrogens is 256 g/mol. The highest BCUT2D eigenvalue weighted by Gasteiger charge is 2.13. The highest BCUT2D eigenvalue weighted by Crippen LogP contribution is 2.11. The van der Waals surface area contributed by atoms with E-state index in [1.54, 1.807) is 10.6 Å². The van der Waals surface area contributed by atoms with E-state index in [0.29, 0.717) is 31.4 Å². The Bertz CT molecular complexity index is 453. The van der Waals surface area contributed by atoms with Crippen molar-refractivity contribution in [3.8, 4) is 5.75 Å². The fourth-order valence-electron chi connectivity index (χ4n) is 2.51. The normalized spacial score (nSPS) is 18.9. The largest absolute Gasteiger partial charge is 0.488 e. The molecule has 0 bridgehead atoms. The van der Waals surface area contributed by atoms with Gasteiger partial charge in [0, 0.05) is 31.8 Å². The Morgan fingerprint density at radius 1 is 1.45 bits per heavy atom. The molecule has 0 amide bonds. The minimum absolute atomic E-state index is 0.0778. The van der Waals surface area contributed by atoms with E-state index in [0.717, 1.165) is 13.0 Å². The van der Waals surface area contributed by atoms with Gasteiger partial charge in [-0.05, 0) is 37.9 Å². The molecule has 2 rings (SSSR count). The van der Waals surface area contributed by atoms with E-state index < -0.39 is 0 Å². The molecule has 0 saturated carbocycles. The fourth-order valence-corrected chi connectivity index (χ4v) is 2.51. The van der Waals surface area contributed by atoms with Gasteiger partial charge in [0.25, 0.3) is 5.56 Å². The second-order valence-corrected chi connectivity index (χ2v) is 5.23. The molecule has 0 aromatic carbocycles. The lowest BCUT2D eigenvalue weighted by Gasteiger charge is -2.23. The molecule has 2 N–H and O–H groups in total. The average Bonchev–Trinajstić information content (AvgIpc) is 2.49. The number of aryl methyl sites for hydroxylation is 1. The van der Waals surface area contributed by atoms with Crippen LogP contribution in [0.2, 0.25) is 0 Å². The van der Waals surface area contributed by atoms with E-state index >= 15 is 0 Å². The number of aliphatic hydroxyl groups excluding tert-OH is 1. The molecule has 2 heterocycles. The standard InChI is InChI=1S/C15H24N2O3/c18-11-4-12-20-14-6-3-9-17(15(14)19)10-7-13-5-1-2-8-16-13/h3,6,9,13,16,18H,1-2,4-5,7-8,10-12H2. The van der Waals surface area contributed by atoms with Crippen molar-refractivity contribution in [3.05, 3.63) is 28.7 Å². The number of nitrogens with zero attached hydrogens (tertiary/aromatic N) is 1. The molecule has 0 aliphatic carbocycles. The van der Waals surface area contributed by atoms with Crippen LogP contribution in [-0.4, -0.2) is 35.5 Å². The van der Waals surface area contributed by atoms with Crippen molar-refractivity contribution in [3.63, 3.8) is 0 Å². The van der Waals surface area contributed by atoms with E-state index in [-0.39, 0.29) is 12.2 Å². The van der Waals surface area contributed by atoms with Crippen LogP contribution >= 0.6 is 0 Å². The summed E-state index contributed by atoms with van der Waals surface area (Å²) < 4.78 is 7.11. The first kappa shape index (κ1) is 15.1. The Kier molecular flexibility index (Phi) is 6.08. The first-order valence-corrected chi connectivity index (χ1v) is 7.48. The average molecular weight is 280 g/mol. The molecule has 5 nitrogen and oxygen atoms in total. The first-order chi connectivity index (χ1) is 9.81. The number of hydrogen-bond acceptors (Lipinski definition) is 4. The molecule has 20 heavy (non-hydrogen) atoms. The van der Waals surface area contributed by atoms with Crippen LogP contribution in [0.3, 0.4) is 0 Å². The highest BCUT2D eigenvalue weighted by atomic mass is 16.5. The number of rotatable bonds is 7. The third-order valence-electron chi connectivity index (χ3n) is 3.68. The third kappa shape index (κ3) is 4.35. The number of nitrogens with one attached hydrogen (secondary N) is 1. The first-order valence-electron chi connectivity index (χ1n) is 7.48. The van der Waals surface area contributed by atoms with Crippen LogP contribution in [-0.2, 0) is 6.54 Å². The van der Waals surface area contributed by atoms with E-state index in [9.17, 15) is 4.79 Å². The quantitative estimate of drug-likeness (QED) is 0.735. The lowest BCUT2D eigenvalue weighted by atomic mass is 10.0.